The molecular formula is C16H10F2O4. The number of hydrogen-bond donors (Lipinski definition) is 2. The van der Waals surface area contributed by atoms with Crippen molar-refractivity contribution in [2.75, 3.05) is 0 Å². The van der Waals surface area contributed by atoms with Crippen LogP contribution >= 0.6 is 0 Å². The summed E-state index contributed by atoms with van der Waals surface area (Å²) >= 11 is 0. The minimum absolute atomic E-state index is 0.00322. The highest BCUT2D eigenvalue weighted by Crippen LogP contribution is 2.32. The Balaban J connectivity index is 2.38. The smallest absolute Gasteiger partial charge is 0.199 e. The number of phenols is 2. The molecule has 1 aromatic heterocycles. The lowest BCUT2D eigenvalue weighted by molar-refractivity contribution is 0.396. The van der Waals surface area contributed by atoms with E-state index in [1.165, 1.54) is 25.1 Å². The summed E-state index contributed by atoms with van der Waals surface area (Å²) < 4.78 is 32.5. The van der Waals surface area contributed by atoms with Crippen molar-refractivity contribution in [2.24, 2.45) is 0 Å². The SMILES string of the molecule is Cc1c(-c2cc(F)c(O)c(F)c2)oc2cccc(O)c2c1=O. The average Bonchev–Trinajstić information content (AvgIpc) is 2.48. The van der Waals surface area contributed by atoms with Crippen LogP contribution in [0.1, 0.15) is 5.56 Å². The van der Waals surface area contributed by atoms with Crippen molar-refractivity contribution in [3.63, 3.8) is 0 Å². The van der Waals surface area contributed by atoms with E-state index in [-0.39, 0.29) is 33.6 Å². The first kappa shape index (κ1) is 14.1. The monoisotopic (exact) mass is 304 g/mol. The lowest BCUT2D eigenvalue weighted by Crippen LogP contribution is -2.07. The summed E-state index contributed by atoms with van der Waals surface area (Å²) in [5, 5.41) is 18.9. The first-order chi connectivity index (χ1) is 10.4. The zero-order chi connectivity index (χ0) is 16.0. The molecule has 3 rings (SSSR count). The maximum atomic E-state index is 13.5. The molecule has 2 N–H and O–H groups in total. The van der Waals surface area contributed by atoms with Gasteiger partial charge in [0.25, 0.3) is 0 Å². The van der Waals surface area contributed by atoms with Gasteiger partial charge in [-0.2, -0.15) is 0 Å². The predicted molar refractivity (Wildman–Crippen MR) is 75.9 cm³/mol. The standard InChI is InChI=1S/C16H10F2O4/c1-7-14(20)13-11(19)3-2-4-12(13)22-16(7)8-5-9(17)15(21)10(18)6-8/h2-6,19,21H,1H3. The van der Waals surface area contributed by atoms with Gasteiger partial charge in [0, 0.05) is 11.1 Å². The maximum absolute atomic E-state index is 13.5. The third-order valence-corrected chi connectivity index (χ3v) is 3.40. The average molecular weight is 304 g/mol. The first-order valence-electron chi connectivity index (χ1n) is 6.34. The Morgan fingerprint density at radius 3 is 2.36 bits per heavy atom. The van der Waals surface area contributed by atoms with Crippen LogP contribution in [0, 0.1) is 18.6 Å². The maximum Gasteiger partial charge on any atom is 0.199 e. The number of halogens is 2. The summed E-state index contributed by atoms with van der Waals surface area (Å²) in [5.41, 5.74) is -0.325. The van der Waals surface area contributed by atoms with Crippen molar-refractivity contribution in [3.05, 3.63) is 57.8 Å². The fourth-order valence-corrected chi connectivity index (χ4v) is 2.28. The quantitative estimate of drug-likeness (QED) is 0.722. The summed E-state index contributed by atoms with van der Waals surface area (Å²) in [7, 11) is 0. The Kier molecular flexibility index (Phi) is 3.09. The van der Waals surface area contributed by atoms with E-state index in [4.69, 9.17) is 9.52 Å². The van der Waals surface area contributed by atoms with Gasteiger partial charge in [-0.1, -0.05) is 6.07 Å². The normalized spacial score (nSPS) is 11.0. The Morgan fingerprint density at radius 1 is 1.09 bits per heavy atom. The molecule has 0 fully saturated rings. The third-order valence-electron chi connectivity index (χ3n) is 3.40. The molecule has 0 unspecified atom stereocenters. The highest BCUT2D eigenvalue weighted by atomic mass is 19.1. The van der Waals surface area contributed by atoms with Crippen LogP contribution < -0.4 is 5.43 Å². The van der Waals surface area contributed by atoms with Crippen LogP contribution in [0.4, 0.5) is 8.78 Å². The summed E-state index contributed by atoms with van der Waals surface area (Å²) in [5.74, 6) is -3.67. The van der Waals surface area contributed by atoms with Gasteiger partial charge in [-0.25, -0.2) is 8.78 Å². The summed E-state index contributed by atoms with van der Waals surface area (Å²) in [6, 6.07) is 6.04. The van der Waals surface area contributed by atoms with Gasteiger partial charge in [0.15, 0.2) is 22.8 Å². The van der Waals surface area contributed by atoms with Gasteiger partial charge in [-0.15, -0.1) is 0 Å². The topological polar surface area (TPSA) is 70.7 Å². The van der Waals surface area contributed by atoms with Crippen molar-refractivity contribution < 1.29 is 23.4 Å². The summed E-state index contributed by atoms with van der Waals surface area (Å²) in [6.07, 6.45) is 0. The number of phenolic OH excluding ortho intramolecular Hbond substituents is 2. The zero-order valence-electron chi connectivity index (χ0n) is 11.4. The molecule has 0 aliphatic heterocycles. The Hall–Kier alpha value is -2.89. The number of benzene rings is 2. The van der Waals surface area contributed by atoms with Gasteiger partial charge in [0.05, 0.1) is 0 Å². The summed E-state index contributed by atoms with van der Waals surface area (Å²) in [6.45, 7) is 1.43. The molecule has 0 aliphatic carbocycles. The molecule has 1 heterocycles. The number of fused-ring (bicyclic) bond motifs is 1. The van der Waals surface area contributed by atoms with E-state index in [0.717, 1.165) is 12.1 Å². The molecule has 0 spiro atoms. The predicted octanol–water partition coefficient (Wildman–Crippen LogP) is 3.46. The molecule has 22 heavy (non-hydrogen) atoms. The minimum atomic E-state index is -1.16. The first-order valence-corrected chi connectivity index (χ1v) is 6.34. The highest BCUT2D eigenvalue weighted by Gasteiger charge is 2.18. The van der Waals surface area contributed by atoms with Crippen molar-refractivity contribution >= 4 is 11.0 Å². The summed E-state index contributed by atoms with van der Waals surface area (Å²) in [4.78, 5) is 12.3. The molecule has 0 aliphatic rings. The van der Waals surface area contributed by atoms with Crippen molar-refractivity contribution in [2.45, 2.75) is 6.92 Å². The second-order valence-electron chi connectivity index (χ2n) is 4.82. The van der Waals surface area contributed by atoms with E-state index in [2.05, 4.69) is 0 Å². The van der Waals surface area contributed by atoms with E-state index in [9.17, 15) is 18.7 Å². The van der Waals surface area contributed by atoms with Gasteiger partial charge in [-0.05, 0) is 31.2 Å². The molecule has 6 heteroatoms. The van der Waals surface area contributed by atoms with Crippen molar-refractivity contribution in [1.82, 2.24) is 0 Å². The van der Waals surface area contributed by atoms with E-state index < -0.39 is 22.8 Å². The number of rotatable bonds is 1. The van der Waals surface area contributed by atoms with Crippen LogP contribution in [0.5, 0.6) is 11.5 Å². The molecule has 0 radical (unpaired) electrons. The van der Waals surface area contributed by atoms with Gasteiger partial charge in [-0.3, -0.25) is 4.79 Å². The Bertz CT molecular complexity index is 937. The van der Waals surface area contributed by atoms with Gasteiger partial charge in [0.1, 0.15) is 22.5 Å². The van der Waals surface area contributed by atoms with Crippen LogP contribution in [0.2, 0.25) is 0 Å². The van der Waals surface area contributed by atoms with Crippen molar-refractivity contribution in [1.29, 1.82) is 0 Å². The lowest BCUT2D eigenvalue weighted by Gasteiger charge is -2.09. The molecule has 0 atom stereocenters. The van der Waals surface area contributed by atoms with Crippen LogP contribution in [-0.2, 0) is 0 Å². The second kappa shape index (κ2) is 4.84. The minimum Gasteiger partial charge on any atom is -0.507 e. The molecule has 2 aromatic carbocycles. The largest absolute Gasteiger partial charge is 0.507 e. The molecule has 4 nitrogen and oxygen atoms in total. The zero-order valence-corrected chi connectivity index (χ0v) is 11.4. The van der Waals surface area contributed by atoms with Gasteiger partial charge < -0.3 is 14.6 Å². The Morgan fingerprint density at radius 2 is 1.73 bits per heavy atom. The molecule has 0 saturated carbocycles. The van der Waals surface area contributed by atoms with Crippen LogP contribution in [0.15, 0.2) is 39.5 Å². The van der Waals surface area contributed by atoms with E-state index in [1.807, 2.05) is 0 Å². The second-order valence-corrected chi connectivity index (χ2v) is 4.82. The fraction of sp³-hybridized carbons (Fsp3) is 0.0625. The van der Waals surface area contributed by atoms with E-state index in [0.29, 0.717) is 0 Å². The molecular weight excluding hydrogens is 294 g/mol. The van der Waals surface area contributed by atoms with Gasteiger partial charge >= 0.3 is 0 Å². The van der Waals surface area contributed by atoms with Crippen LogP contribution in [-0.4, -0.2) is 10.2 Å². The molecule has 0 bridgehead atoms. The van der Waals surface area contributed by atoms with Crippen LogP contribution in [0.3, 0.4) is 0 Å². The number of hydrogen-bond acceptors (Lipinski definition) is 4. The number of aromatic hydroxyl groups is 2. The highest BCUT2D eigenvalue weighted by molar-refractivity contribution is 5.85. The van der Waals surface area contributed by atoms with Crippen molar-refractivity contribution in [3.8, 4) is 22.8 Å². The molecule has 3 aromatic rings. The van der Waals surface area contributed by atoms with Crippen LogP contribution in [0.25, 0.3) is 22.3 Å². The molecule has 112 valence electrons. The lowest BCUT2D eigenvalue weighted by atomic mass is 10.0. The Labute approximate surface area is 122 Å². The molecule has 0 amide bonds. The third kappa shape index (κ3) is 2.00. The van der Waals surface area contributed by atoms with E-state index in [1.54, 1.807) is 0 Å². The fourth-order valence-electron chi connectivity index (χ4n) is 2.28. The van der Waals surface area contributed by atoms with Gasteiger partial charge in [0.2, 0.25) is 0 Å². The molecule has 0 saturated heterocycles. The van der Waals surface area contributed by atoms with E-state index >= 15 is 0 Å².